The summed E-state index contributed by atoms with van der Waals surface area (Å²) in [6.45, 7) is 2.07. The Kier molecular flexibility index (Phi) is 5.57. The summed E-state index contributed by atoms with van der Waals surface area (Å²) in [6.07, 6.45) is 3.38. The molecule has 152 valence electrons. The monoisotopic (exact) mass is 403 g/mol. The summed E-state index contributed by atoms with van der Waals surface area (Å²) in [6, 6.07) is 16.0. The Bertz CT molecular complexity index is 1080. The SMILES string of the molecule is Cc1c(F)cc(C(=O)NC2CC2)cc1-c1ccc(C(=O)NCc2ccccc2)cn1. The average Bonchev–Trinajstić information content (AvgIpc) is 3.58. The summed E-state index contributed by atoms with van der Waals surface area (Å²) in [4.78, 5) is 29.0. The van der Waals surface area contributed by atoms with Crippen LogP contribution < -0.4 is 10.6 Å². The second kappa shape index (κ2) is 8.45. The number of halogens is 1. The van der Waals surface area contributed by atoms with Gasteiger partial charge < -0.3 is 10.6 Å². The van der Waals surface area contributed by atoms with Crippen LogP contribution in [0.3, 0.4) is 0 Å². The largest absolute Gasteiger partial charge is 0.349 e. The molecule has 0 atom stereocenters. The van der Waals surface area contributed by atoms with E-state index < -0.39 is 5.82 Å². The highest BCUT2D eigenvalue weighted by Crippen LogP contribution is 2.26. The number of aromatic nitrogens is 1. The highest BCUT2D eigenvalue weighted by Gasteiger charge is 2.24. The van der Waals surface area contributed by atoms with Gasteiger partial charge in [0.1, 0.15) is 5.82 Å². The van der Waals surface area contributed by atoms with E-state index in [4.69, 9.17) is 0 Å². The molecule has 0 bridgehead atoms. The maximum atomic E-state index is 14.4. The number of hydrogen-bond acceptors (Lipinski definition) is 3. The Morgan fingerprint density at radius 2 is 1.80 bits per heavy atom. The third kappa shape index (κ3) is 4.54. The van der Waals surface area contributed by atoms with Gasteiger partial charge in [0.2, 0.25) is 0 Å². The van der Waals surface area contributed by atoms with Crippen LogP contribution in [0.1, 0.15) is 44.7 Å². The zero-order valence-electron chi connectivity index (χ0n) is 16.6. The van der Waals surface area contributed by atoms with E-state index in [-0.39, 0.29) is 23.4 Å². The molecule has 1 heterocycles. The molecule has 0 aliphatic heterocycles. The minimum Gasteiger partial charge on any atom is -0.349 e. The van der Waals surface area contributed by atoms with Crippen molar-refractivity contribution in [2.24, 2.45) is 0 Å². The van der Waals surface area contributed by atoms with Crippen LogP contribution in [-0.2, 0) is 6.54 Å². The summed E-state index contributed by atoms with van der Waals surface area (Å²) < 4.78 is 14.4. The molecule has 2 amide bonds. The summed E-state index contributed by atoms with van der Waals surface area (Å²) in [5, 5.41) is 5.72. The highest BCUT2D eigenvalue weighted by atomic mass is 19.1. The van der Waals surface area contributed by atoms with Crippen LogP contribution in [-0.4, -0.2) is 22.8 Å². The van der Waals surface area contributed by atoms with Gasteiger partial charge in [-0.3, -0.25) is 14.6 Å². The number of carbonyl (C=O) groups excluding carboxylic acids is 2. The van der Waals surface area contributed by atoms with Crippen molar-refractivity contribution >= 4 is 11.8 Å². The molecular weight excluding hydrogens is 381 g/mol. The van der Waals surface area contributed by atoms with E-state index >= 15 is 0 Å². The van der Waals surface area contributed by atoms with Gasteiger partial charge in [0.05, 0.1) is 11.3 Å². The lowest BCUT2D eigenvalue weighted by Gasteiger charge is -2.11. The third-order valence-corrected chi connectivity index (χ3v) is 5.12. The van der Waals surface area contributed by atoms with Gasteiger partial charge in [-0.1, -0.05) is 30.3 Å². The van der Waals surface area contributed by atoms with E-state index in [0.29, 0.717) is 28.9 Å². The van der Waals surface area contributed by atoms with Gasteiger partial charge in [0, 0.05) is 29.9 Å². The predicted molar refractivity (Wildman–Crippen MR) is 112 cm³/mol. The smallest absolute Gasteiger partial charge is 0.253 e. The number of nitrogens with one attached hydrogen (secondary N) is 2. The first-order valence-electron chi connectivity index (χ1n) is 9.91. The van der Waals surface area contributed by atoms with Crippen LogP contribution in [0.2, 0.25) is 0 Å². The van der Waals surface area contributed by atoms with Crippen molar-refractivity contribution in [1.82, 2.24) is 15.6 Å². The molecule has 1 saturated carbocycles. The van der Waals surface area contributed by atoms with Crippen LogP contribution in [0.4, 0.5) is 4.39 Å². The van der Waals surface area contributed by atoms with E-state index in [9.17, 15) is 14.0 Å². The summed E-state index contributed by atoms with van der Waals surface area (Å²) in [5.74, 6) is -0.979. The molecule has 5 nitrogen and oxygen atoms in total. The van der Waals surface area contributed by atoms with Crippen LogP contribution in [0.5, 0.6) is 0 Å². The predicted octanol–water partition coefficient (Wildman–Crippen LogP) is 4.02. The molecule has 1 aliphatic carbocycles. The Balaban J connectivity index is 1.51. The lowest BCUT2D eigenvalue weighted by atomic mass is 10.00. The molecule has 0 spiro atoms. The molecule has 1 fully saturated rings. The lowest BCUT2D eigenvalue weighted by Crippen LogP contribution is -2.25. The van der Waals surface area contributed by atoms with Crippen LogP contribution in [0, 0.1) is 12.7 Å². The van der Waals surface area contributed by atoms with Crippen molar-refractivity contribution in [3.05, 3.63) is 88.9 Å². The molecule has 1 aliphatic rings. The molecule has 0 unspecified atom stereocenters. The van der Waals surface area contributed by atoms with Crippen molar-refractivity contribution in [3.8, 4) is 11.3 Å². The van der Waals surface area contributed by atoms with Crippen molar-refractivity contribution in [2.45, 2.75) is 32.4 Å². The van der Waals surface area contributed by atoms with Crippen molar-refractivity contribution in [2.75, 3.05) is 0 Å². The molecule has 3 aromatic rings. The van der Waals surface area contributed by atoms with Crippen molar-refractivity contribution in [1.29, 1.82) is 0 Å². The number of carbonyl (C=O) groups is 2. The summed E-state index contributed by atoms with van der Waals surface area (Å²) >= 11 is 0. The van der Waals surface area contributed by atoms with Crippen molar-refractivity contribution < 1.29 is 14.0 Å². The van der Waals surface area contributed by atoms with Gasteiger partial charge in [-0.2, -0.15) is 0 Å². The number of rotatable bonds is 6. The number of nitrogens with zero attached hydrogens (tertiary/aromatic N) is 1. The zero-order chi connectivity index (χ0) is 21.1. The Morgan fingerprint density at radius 1 is 1.03 bits per heavy atom. The average molecular weight is 403 g/mol. The molecule has 2 aromatic carbocycles. The maximum absolute atomic E-state index is 14.4. The first kappa shape index (κ1) is 19.8. The van der Waals surface area contributed by atoms with E-state index in [1.165, 1.54) is 12.3 Å². The molecule has 6 heteroatoms. The standard InChI is InChI=1S/C24H22FN3O2/c1-15-20(11-18(12-21(15)25)24(30)28-19-8-9-19)22-10-7-17(14-26-22)23(29)27-13-16-5-3-2-4-6-16/h2-7,10-12,14,19H,8-9,13H2,1H3,(H,27,29)(H,28,30). The fourth-order valence-electron chi connectivity index (χ4n) is 3.14. The summed E-state index contributed by atoms with van der Waals surface area (Å²) in [7, 11) is 0. The zero-order valence-corrected chi connectivity index (χ0v) is 16.6. The van der Waals surface area contributed by atoms with Crippen LogP contribution in [0.25, 0.3) is 11.3 Å². The van der Waals surface area contributed by atoms with Gasteiger partial charge in [-0.25, -0.2) is 4.39 Å². The number of amides is 2. The van der Waals surface area contributed by atoms with Gasteiger partial charge in [-0.05, 0) is 55.2 Å². The van der Waals surface area contributed by atoms with Crippen LogP contribution >= 0.6 is 0 Å². The quantitative estimate of drug-likeness (QED) is 0.653. The molecule has 0 saturated heterocycles. The van der Waals surface area contributed by atoms with E-state index in [1.807, 2.05) is 30.3 Å². The topological polar surface area (TPSA) is 71.1 Å². The van der Waals surface area contributed by atoms with Crippen LogP contribution in [0.15, 0.2) is 60.8 Å². The second-order valence-electron chi connectivity index (χ2n) is 7.48. The first-order valence-corrected chi connectivity index (χ1v) is 9.91. The molecule has 30 heavy (non-hydrogen) atoms. The third-order valence-electron chi connectivity index (χ3n) is 5.12. The second-order valence-corrected chi connectivity index (χ2v) is 7.48. The van der Waals surface area contributed by atoms with E-state index in [1.54, 1.807) is 25.1 Å². The van der Waals surface area contributed by atoms with Gasteiger partial charge >= 0.3 is 0 Å². The summed E-state index contributed by atoms with van der Waals surface area (Å²) in [5.41, 5.74) is 3.13. The molecule has 2 N–H and O–H groups in total. The molecule has 4 rings (SSSR count). The molecular formula is C24H22FN3O2. The van der Waals surface area contributed by atoms with Crippen molar-refractivity contribution in [3.63, 3.8) is 0 Å². The Hall–Kier alpha value is -3.54. The highest BCUT2D eigenvalue weighted by molar-refractivity contribution is 5.96. The van der Waals surface area contributed by atoms with E-state index in [0.717, 1.165) is 18.4 Å². The normalized spacial score (nSPS) is 13.0. The first-order chi connectivity index (χ1) is 14.5. The minimum atomic E-state index is -0.458. The fourth-order valence-corrected chi connectivity index (χ4v) is 3.14. The maximum Gasteiger partial charge on any atom is 0.253 e. The van der Waals surface area contributed by atoms with Gasteiger partial charge in [0.15, 0.2) is 0 Å². The number of pyridine rings is 1. The van der Waals surface area contributed by atoms with E-state index in [2.05, 4.69) is 15.6 Å². The fraction of sp³-hybridized carbons (Fsp3) is 0.208. The number of hydrogen-bond donors (Lipinski definition) is 2. The molecule has 1 aromatic heterocycles. The Labute approximate surface area is 174 Å². The lowest BCUT2D eigenvalue weighted by molar-refractivity contribution is 0.0942. The Morgan fingerprint density at radius 3 is 2.47 bits per heavy atom. The number of benzene rings is 2. The van der Waals surface area contributed by atoms with Gasteiger partial charge in [-0.15, -0.1) is 0 Å². The minimum absolute atomic E-state index is 0.192. The van der Waals surface area contributed by atoms with Gasteiger partial charge in [0.25, 0.3) is 11.8 Å². The molecule has 0 radical (unpaired) electrons.